The van der Waals surface area contributed by atoms with E-state index in [0.717, 1.165) is 12.2 Å². The van der Waals surface area contributed by atoms with E-state index >= 15 is 0 Å². The first-order chi connectivity index (χ1) is 7.64. The predicted molar refractivity (Wildman–Crippen MR) is 63.5 cm³/mol. The molecule has 86 valence electrons. The van der Waals surface area contributed by atoms with Crippen molar-refractivity contribution in [3.8, 4) is 0 Å². The predicted octanol–water partition coefficient (Wildman–Crippen LogP) is 1.65. The van der Waals surface area contributed by atoms with Crippen molar-refractivity contribution < 1.29 is 4.79 Å². The summed E-state index contributed by atoms with van der Waals surface area (Å²) in [5.74, 6) is -0.0504. The monoisotopic (exact) mass is 219 g/mol. The molecule has 1 aliphatic carbocycles. The summed E-state index contributed by atoms with van der Waals surface area (Å²) in [7, 11) is 1.80. The van der Waals surface area contributed by atoms with Gasteiger partial charge in [-0.05, 0) is 24.3 Å². The average Bonchev–Trinajstić information content (AvgIpc) is 3.05. The number of anilines is 1. The maximum absolute atomic E-state index is 11.9. The first kappa shape index (κ1) is 10.9. The Hall–Kier alpha value is -1.58. The topological polar surface area (TPSA) is 54.0 Å². The van der Waals surface area contributed by atoms with Crippen molar-refractivity contribution in [2.24, 2.45) is 5.41 Å². The quantitative estimate of drug-likeness (QED) is 0.809. The number of pyridine rings is 1. The Morgan fingerprint density at radius 3 is 2.94 bits per heavy atom. The third kappa shape index (κ3) is 2.32. The number of rotatable bonds is 4. The largest absolute Gasteiger partial charge is 0.387 e. The highest BCUT2D eigenvalue weighted by Crippen LogP contribution is 2.44. The molecule has 2 rings (SSSR count). The summed E-state index contributed by atoms with van der Waals surface area (Å²) in [4.78, 5) is 15.9. The van der Waals surface area contributed by atoms with Gasteiger partial charge in [0, 0.05) is 31.7 Å². The van der Waals surface area contributed by atoms with Crippen LogP contribution in [0.5, 0.6) is 0 Å². The Morgan fingerprint density at radius 2 is 2.31 bits per heavy atom. The molecule has 1 aromatic heterocycles. The zero-order valence-corrected chi connectivity index (χ0v) is 9.71. The van der Waals surface area contributed by atoms with Crippen LogP contribution in [0, 0.1) is 5.41 Å². The molecule has 1 amide bonds. The maximum atomic E-state index is 11.9. The van der Waals surface area contributed by atoms with Crippen molar-refractivity contribution in [2.45, 2.75) is 19.8 Å². The molecule has 0 saturated heterocycles. The van der Waals surface area contributed by atoms with E-state index < -0.39 is 0 Å². The second kappa shape index (κ2) is 4.12. The van der Waals surface area contributed by atoms with Gasteiger partial charge in [-0.2, -0.15) is 0 Å². The van der Waals surface area contributed by atoms with Gasteiger partial charge in [0.2, 0.25) is 0 Å². The van der Waals surface area contributed by atoms with E-state index in [-0.39, 0.29) is 5.91 Å². The number of nitrogens with zero attached hydrogens (tertiary/aromatic N) is 1. The molecule has 2 N–H and O–H groups in total. The summed E-state index contributed by atoms with van der Waals surface area (Å²) in [6.45, 7) is 2.94. The smallest absolute Gasteiger partial charge is 0.254 e. The Balaban J connectivity index is 2.02. The molecule has 0 radical (unpaired) electrons. The van der Waals surface area contributed by atoms with Gasteiger partial charge >= 0.3 is 0 Å². The lowest BCUT2D eigenvalue weighted by Gasteiger charge is -2.12. The van der Waals surface area contributed by atoms with Crippen LogP contribution < -0.4 is 10.6 Å². The van der Waals surface area contributed by atoms with E-state index in [1.807, 2.05) is 0 Å². The van der Waals surface area contributed by atoms with Crippen LogP contribution in [0.25, 0.3) is 0 Å². The summed E-state index contributed by atoms with van der Waals surface area (Å²) in [5.41, 5.74) is 1.75. The van der Waals surface area contributed by atoms with Crippen LogP contribution in [0.1, 0.15) is 30.1 Å². The number of aromatic nitrogens is 1. The van der Waals surface area contributed by atoms with Gasteiger partial charge < -0.3 is 10.6 Å². The molecule has 1 aromatic rings. The van der Waals surface area contributed by atoms with Crippen LogP contribution in [0.3, 0.4) is 0 Å². The van der Waals surface area contributed by atoms with Gasteiger partial charge in [-0.3, -0.25) is 9.78 Å². The molecule has 1 heterocycles. The number of nitrogens with one attached hydrogen (secondary N) is 2. The molecule has 4 heteroatoms. The number of hydrogen-bond acceptors (Lipinski definition) is 3. The SMILES string of the molecule is CNc1ccncc1C(=O)NCC1(C)CC1. The summed E-state index contributed by atoms with van der Waals surface area (Å²) < 4.78 is 0. The molecule has 1 saturated carbocycles. The third-order valence-corrected chi connectivity index (χ3v) is 3.11. The normalized spacial score (nSPS) is 16.6. The molecule has 0 spiro atoms. The summed E-state index contributed by atoms with van der Waals surface area (Å²) in [6, 6.07) is 1.80. The minimum absolute atomic E-state index is 0.0504. The zero-order valence-electron chi connectivity index (χ0n) is 9.71. The zero-order chi connectivity index (χ0) is 11.6. The molecular weight excluding hydrogens is 202 g/mol. The number of carbonyl (C=O) groups is 1. The van der Waals surface area contributed by atoms with Gasteiger partial charge in [-0.25, -0.2) is 0 Å². The lowest BCUT2D eigenvalue weighted by molar-refractivity contribution is 0.0946. The van der Waals surface area contributed by atoms with Gasteiger partial charge in [-0.1, -0.05) is 6.92 Å². The minimum atomic E-state index is -0.0504. The Labute approximate surface area is 95.5 Å². The summed E-state index contributed by atoms with van der Waals surface area (Å²) in [6.07, 6.45) is 5.68. The standard InChI is InChI=1S/C12H17N3O/c1-12(4-5-12)8-15-11(16)9-7-14-6-3-10(9)13-2/h3,6-7H,4-5,8H2,1-2H3,(H,13,14)(H,15,16). The van der Waals surface area contributed by atoms with Crippen molar-refractivity contribution in [3.05, 3.63) is 24.0 Å². The van der Waals surface area contributed by atoms with Crippen LogP contribution in [0.4, 0.5) is 5.69 Å². The molecule has 0 bridgehead atoms. The van der Waals surface area contributed by atoms with E-state index in [1.54, 1.807) is 25.5 Å². The van der Waals surface area contributed by atoms with Crippen molar-refractivity contribution in [1.82, 2.24) is 10.3 Å². The number of carbonyl (C=O) groups excluding carboxylic acids is 1. The van der Waals surface area contributed by atoms with E-state index in [1.165, 1.54) is 12.8 Å². The second-order valence-electron chi connectivity index (χ2n) is 4.66. The average molecular weight is 219 g/mol. The number of amides is 1. The highest BCUT2D eigenvalue weighted by molar-refractivity contribution is 5.99. The first-order valence-corrected chi connectivity index (χ1v) is 5.55. The van der Waals surface area contributed by atoms with E-state index in [9.17, 15) is 4.79 Å². The van der Waals surface area contributed by atoms with Gasteiger partial charge in [0.25, 0.3) is 5.91 Å². The van der Waals surface area contributed by atoms with Gasteiger partial charge in [0.1, 0.15) is 0 Å². The fourth-order valence-electron chi connectivity index (χ4n) is 1.57. The molecule has 0 aliphatic heterocycles. The highest BCUT2D eigenvalue weighted by Gasteiger charge is 2.37. The van der Waals surface area contributed by atoms with Gasteiger partial charge in [-0.15, -0.1) is 0 Å². The Morgan fingerprint density at radius 1 is 1.56 bits per heavy atom. The second-order valence-corrected chi connectivity index (χ2v) is 4.66. The number of hydrogen-bond donors (Lipinski definition) is 2. The third-order valence-electron chi connectivity index (χ3n) is 3.11. The van der Waals surface area contributed by atoms with Crippen molar-refractivity contribution in [2.75, 3.05) is 18.9 Å². The van der Waals surface area contributed by atoms with Gasteiger partial charge in [0.15, 0.2) is 0 Å². The highest BCUT2D eigenvalue weighted by atomic mass is 16.1. The molecule has 0 unspecified atom stereocenters. The van der Waals surface area contributed by atoms with E-state index in [4.69, 9.17) is 0 Å². The lowest BCUT2D eigenvalue weighted by atomic mass is 10.1. The minimum Gasteiger partial charge on any atom is -0.387 e. The van der Waals surface area contributed by atoms with E-state index in [2.05, 4.69) is 22.5 Å². The fourth-order valence-corrected chi connectivity index (χ4v) is 1.57. The molecule has 1 fully saturated rings. The Bertz CT molecular complexity index is 399. The Kier molecular flexibility index (Phi) is 2.81. The molecule has 1 aliphatic rings. The van der Waals surface area contributed by atoms with Gasteiger partial charge in [0.05, 0.1) is 5.56 Å². The van der Waals surface area contributed by atoms with Crippen LogP contribution in [-0.4, -0.2) is 24.5 Å². The summed E-state index contributed by atoms with van der Waals surface area (Å²) >= 11 is 0. The van der Waals surface area contributed by atoms with Crippen molar-refractivity contribution in [3.63, 3.8) is 0 Å². The molecular formula is C12H17N3O. The molecule has 0 aromatic carbocycles. The van der Waals surface area contributed by atoms with Crippen LogP contribution in [-0.2, 0) is 0 Å². The van der Waals surface area contributed by atoms with Crippen LogP contribution >= 0.6 is 0 Å². The van der Waals surface area contributed by atoms with Crippen LogP contribution in [0.15, 0.2) is 18.5 Å². The lowest BCUT2D eigenvalue weighted by Crippen LogP contribution is -2.29. The molecule has 0 atom stereocenters. The summed E-state index contributed by atoms with van der Waals surface area (Å²) in [5, 5.41) is 5.95. The molecule has 4 nitrogen and oxygen atoms in total. The van der Waals surface area contributed by atoms with Crippen LogP contribution in [0.2, 0.25) is 0 Å². The fraction of sp³-hybridized carbons (Fsp3) is 0.500. The first-order valence-electron chi connectivity index (χ1n) is 5.55. The van der Waals surface area contributed by atoms with Crippen molar-refractivity contribution in [1.29, 1.82) is 0 Å². The van der Waals surface area contributed by atoms with Crippen molar-refractivity contribution >= 4 is 11.6 Å². The van der Waals surface area contributed by atoms with E-state index in [0.29, 0.717) is 11.0 Å². The maximum Gasteiger partial charge on any atom is 0.254 e. The molecule has 16 heavy (non-hydrogen) atoms.